The Hall–Kier alpha value is -1.09. The highest BCUT2D eigenvalue weighted by Crippen LogP contribution is 2.28. The Morgan fingerprint density at radius 2 is 2.36 bits per heavy atom. The summed E-state index contributed by atoms with van der Waals surface area (Å²) in [6.45, 7) is 2.06. The van der Waals surface area contributed by atoms with E-state index in [1.165, 1.54) is 11.6 Å². The van der Waals surface area contributed by atoms with E-state index in [0.717, 1.165) is 5.69 Å². The summed E-state index contributed by atoms with van der Waals surface area (Å²) in [6, 6.07) is 3.20. The molecule has 0 atom stereocenters. The minimum atomic E-state index is 1.14. The van der Waals surface area contributed by atoms with Crippen molar-refractivity contribution in [3.05, 3.63) is 30.1 Å². The highest BCUT2D eigenvalue weighted by molar-refractivity contribution is 5.60. The molecule has 0 spiro atoms. The molecule has 57 valence electrons. The van der Waals surface area contributed by atoms with Gasteiger partial charge in [0.15, 0.2) is 0 Å². The van der Waals surface area contributed by atoms with Crippen LogP contribution < -0.4 is 10.4 Å². The number of pyridine rings is 1. The number of hydrogen-bond acceptors (Lipinski definition) is 3. The molecule has 0 amide bonds. The van der Waals surface area contributed by atoms with Crippen molar-refractivity contribution in [2.75, 3.05) is 12.1 Å². The number of nitrogens with zero attached hydrogens (tertiary/aromatic N) is 2. The molecule has 0 bridgehead atoms. The van der Waals surface area contributed by atoms with Crippen molar-refractivity contribution < 1.29 is 0 Å². The zero-order valence-electron chi connectivity index (χ0n) is 6.63. The zero-order chi connectivity index (χ0) is 7.84. The normalized spacial score (nSPS) is 17.1. The van der Waals surface area contributed by atoms with Crippen LogP contribution in [0.25, 0.3) is 0 Å². The smallest absolute Gasteiger partial charge is 0.0853 e. The van der Waals surface area contributed by atoms with Crippen molar-refractivity contribution in [3.8, 4) is 0 Å². The molecule has 0 saturated carbocycles. The fourth-order valence-electron chi connectivity index (χ4n) is 1.34. The standard InChI is InChI=1S/C8H10N3/c1-6-7-3-4-9-5-8(7)11(2)10-6/h3-5,10H,1-2H3. The van der Waals surface area contributed by atoms with Crippen molar-refractivity contribution >= 4 is 5.69 Å². The topological polar surface area (TPSA) is 28.2 Å². The quantitative estimate of drug-likeness (QED) is 0.593. The highest BCUT2D eigenvalue weighted by atomic mass is 15.5. The number of hydrogen-bond donors (Lipinski definition) is 1. The van der Waals surface area contributed by atoms with Gasteiger partial charge in [0.25, 0.3) is 0 Å². The lowest BCUT2D eigenvalue weighted by Crippen LogP contribution is -2.29. The van der Waals surface area contributed by atoms with E-state index < -0.39 is 0 Å². The van der Waals surface area contributed by atoms with Gasteiger partial charge >= 0.3 is 0 Å². The van der Waals surface area contributed by atoms with Crippen molar-refractivity contribution in [2.45, 2.75) is 6.92 Å². The van der Waals surface area contributed by atoms with Crippen molar-refractivity contribution in [1.29, 1.82) is 0 Å². The average molecular weight is 148 g/mol. The van der Waals surface area contributed by atoms with Crippen LogP contribution in [0.15, 0.2) is 18.5 Å². The maximum absolute atomic E-state index is 4.05. The molecule has 3 heteroatoms. The second-order valence-corrected chi connectivity index (χ2v) is 2.69. The van der Waals surface area contributed by atoms with Gasteiger partial charge in [-0.1, -0.05) is 0 Å². The summed E-state index contributed by atoms with van der Waals surface area (Å²) in [4.78, 5) is 4.05. The fourth-order valence-corrected chi connectivity index (χ4v) is 1.34. The summed E-state index contributed by atoms with van der Waals surface area (Å²) >= 11 is 0. The van der Waals surface area contributed by atoms with Gasteiger partial charge in [-0.2, -0.15) is 0 Å². The van der Waals surface area contributed by atoms with E-state index in [4.69, 9.17) is 0 Å². The second-order valence-electron chi connectivity index (χ2n) is 2.69. The minimum Gasteiger partial charge on any atom is -0.309 e. The molecular formula is C8H10N3. The molecule has 1 aliphatic heterocycles. The molecule has 0 aromatic carbocycles. The molecule has 1 N–H and O–H groups in total. The summed E-state index contributed by atoms with van der Waals surface area (Å²) in [5, 5.41) is 1.97. The molecule has 3 nitrogen and oxygen atoms in total. The van der Waals surface area contributed by atoms with Gasteiger partial charge in [-0.15, -0.1) is 0 Å². The summed E-state index contributed by atoms with van der Waals surface area (Å²) in [5.74, 6) is 0. The monoisotopic (exact) mass is 148 g/mol. The van der Waals surface area contributed by atoms with Gasteiger partial charge in [-0.05, 0) is 13.0 Å². The summed E-state index contributed by atoms with van der Waals surface area (Å²) in [6.07, 6.45) is 3.67. The van der Waals surface area contributed by atoms with Crippen LogP contribution >= 0.6 is 0 Å². The molecule has 1 aromatic heterocycles. The molecule has 0 saturated heterocycles. The van der Waals surface area contributed by atoms with Crippen LogP contribution in [-0.4, -0.2) is 12.0 Å². The summed E-state index contributed by atoms with van der Waals surface area (Å²) < 4.78 is 0. The van der Waals surface area contributed by atoms with E-state index >= 15 is 0 Å². The molecule has 0 unspecified atom stereocenters. The molecule has 2 heterocycles. The largest absolute Gasteiger partial charge is 0.309 e. The van der Waals surface area contributed by atoms with E-state index in [1.807, 2.05) is 30.5 Å². The first-order valence-electron chi connectivity index (χ1n) is 3.57. The maximum atomic E-state index is 4.05. The zero-order valence-corrected chi connectivity index (χ0v) is 6.63. The Bertz CT molecular complexity index is 245. The predicted octanol–water partition coefficient (Wildman–Crippen LogP) is 0.936. The Balaban J connectivity index is 2.52. The van der Waals surface area contributed by atoms with Crippen LogP contribution in [0.4, 0.5) is 5.69 Å². The summed E-state index contributed by atoms with van der Waals surface area (Å²) in [5.41, 5.74) is 5.57. The number of anilines is 1. The highest BCUT2D eigenvalue weighted by Gasteiger charge is 2.22. The number of aromatic nitrogens is 1. The van der Waals surface area contributed by atoms with Gasteiger partial charge in [-0.3, -0.25) is 4.98 Å². The van der Waals surface area contributed by atoms with Gasteiger partial charge < -0.3 is 5.01 Å². The van der Waals surface area contributed by atoms with Crippen LogP contribution in [0.2, 0.25) is 0 Å². The van der Waals surface area contributed by atoms with Crippen molar-refractivity contribution in [1.82, 2.24) is 10.4 Å². The van der Waals surface area contributed by atoms with Gasteiger partial charge in [0.1, 0.15) is 0 Å². The van der Waals surface area contributed by atoms with Gasteiger partial charge in [-0.25, -0.2) is 5.43 Å². The lowest BCUT2D eigenvalue weighted by atomic mass is 10.1. The number of nitrogens with one attached hydrogen (secondary N) is 1. The number of hydrazine groups is 1. The third-order valence-electron chi connectivity index (χ3n) is 1.90. The number of rotatable bonds is 0. The molecule has 0 fully saturated rings. The molecule has 2 rings (SSSR count). The Kier molecular flexibility index (Phi) is 1.32. The predicted molar refractivity (Wildman–Crippen MR) is 43.8 cm³/mol. The summed E-state index contributed by atoms with van der Waals surface area (Å²) in [7, 11) is 1.98. The average Bonchev–Trinajstić information content (AvgIpc) is 2.30. The minimum absolute atomic E-state index is 1.14. The van der Waals surface area contributed by atoms with Gasteiger partial charge in [0, 0.05) is 18.8 Å². The van der Waals surface area contributed by atoms with E-state index in [9.17, 15) is 0 Å². The molecular weight excluding hydrogens is 138 g/mol. The van der Waals surface area contributed by atoms with Crippen LogP contribution in [0, 0.1) is 6.04 Å². The molecule has 1 radical (unpaired) electrons. The maximum Gasteiger partial charge on any atom is 0.0853 e. The Labute approximate surface area is 66.0 Å². The van der Waals surface area contributed by atoms with Crippen molar-refractivity contribution in [2.24, 2.45) is 0 Å². The lowest BCUT2D eigenvalue weighted by Gasteiger charge is -2.11. The third kappa shape index (κ3) is 0.886. The van der Waals surface area contributed by atoms with E-state index in [2.05, 4.69) is 17.3 Å². The molecule has 1 aromatic rings. The number of fused-ring (bicyclic) bond motifs is 1. The molecule has 11 heavy (non-hydrogen) atoms. The first-order chi connectivity index (χ1) is 5.29. The Morgan fingerprint density at radius 3 is 3.09 bits per heavy atom. The van der Waals surface area contributed by atoms with Crippen LogP contribution in [0.5, 0.6) is 0 Å². The van der Waals surface area contributed by atoms with E-state index in [1.54, 1.807) is 0 Å². The van der Waals surface area contributed by atoms with E-state index in [0.29, 0.717) is 0 Å². The molecule has 0 aliphatic carbocycles. The van der Waals surface area contributed by atoms with Crippen LogP contribution in [-0.2, 0) is 0 Å². The Morgan fingerprint density at radius 1 is 1.55 bits per heavy atom. The first-order valence-corrected chi connectivity index (χ1v) is 3.57. The van der Waals surface area contributed by atoms with Crippen LogP contribution in [0.1, 0.15) is 12.5 Å². The molecule has 1 aliphatic rings. The van der Waals surface area contributed by atoms with E-state index in [-0.39, 0.29) is 0 Å². The lowest BCUT2D eigenvalue weighted by molar-refractivity contribution is 0.769. The van der Waals surface area contributed by atoms with Crippen molar-refractivity contribution in [3.63, 3.8) is 0 Å². The third-order valence-corrected chi connectivity index (χ3v) is 1.90. The van der Waals surface area contributed by atoms with Gasteiger partial charge in [0.05, 0.1) is 17.9 Å². The second kappa shape index (κ2) is 2.20. The first kappa shape index (κ1) is 6.61. The van der Waals surface area contributed by atoms with Crippen LogP contribution in [0.3, 0.4) is 0 Å². The fraction of sp³-hybridized carbons (Fsp3) is 0.250. The SMILES string of the molecule is C[C]1NN(C)c2cnccc21. The van der Waals surface area contributed by atoms with Gasteiger partial charge in [0.2, 0.25) is 0 Å².